The normalized spacial score (nSPS) is 11.6. The Hall–Kier alpha value is -7.00. The largest absolute Gasteiger partial charge is 0.308 e. The van der Waals surface area contributed by atoms with Crippen LogP contribution in [-0.2, 0) is 0 Å². The molecule has 0 saturated heterocycles. The van der Waals surface area contributed by atoms with E-state index in [2.05, 4.69) is 217 Å². The number of fused-ring (bicyclic) bond motifs is 7. The molecule has 0 aliphatic heterocycles. The Morgan fingerprint density at radius 3 is 1.64 bits per heavy atom. The van der Waals surface area contributed by atoms with Crippen LogP contribution in [0.4, 0.5) is 17.1 Å². The molecule has 0 atom stereocenters. The van der Waals surface area contributed by atoms with E-state index >= 15 is 0 Å². The van der Waals surface area contributed by atoms with Crippen LogP contribution in [-0.4, -0.2) is 0 Å². The summed E-state index contributed by atoms with van der Waals surface area (Å²) >= 11 is 1.87. The van der Waals surface area contributed by atoms with Gasteiger partial charge in [-0.15, -0.1) is 11.3 Å². The molecule has 11 aromatic rings. The van der Waals surface area contributed by atoms with Crippen molar-refractivity contribution < 1.29 is 0 Å². The predicted molar refractivity (Wildman–Crippen MR) is 243 cm³/mol. The quantitative estimate of drug-likeness (QED) is 0.154. The molecule has 0 spiro atoms. The molecule has 1 aromatic heterocycles. The monoisotopic (exact) mass is 729 g/mol. The molecule has 0 aliphatic carbocycles. The summed E-state index contributed by atoms with van der Waals surface area (Å²) in [5.41, 5.74) is 10.8. The molecule has 0 N–H and O–H groups in total. The Labute approximate surface area is 330 Å². The van der Waals surface area contributed by atoms with Gasteiger partial charge < -0.3 is 4.90 Å². The molecule has 1 nitrogen and oxygen atoms in total. The zero-order chi connectivity index (χ0) is 37.0. The zero-order valence-electron chi connectivity index (χ0n) is 30.6. The predicted octanol–water partition coefficient (Wildman–Crippen LogP) is 16.0. The number of nitrogens with zero attached hydrogens (tertiary/aromatic N) is 1. The Bertz CT molecular complexity index is 3250. The summed E-state index contributed by atoms with van der Waals surface area (Å²) in [5.74, 6) is 0. The van der Waals surface area contributed by atoms with Gasteiger partial charge in [0, 0.05) is 26.5 Å². The fourth-order valence-corrected chi connectivity index (χ4v) is 9.93. The van der Waals surface area contributed by atoms with Gasteiger partial charge in [0.25, 0.3) is 0 Å². The van der Waals surface area contributed by atoms with Crippen molar-refractivity contribution >= 4 is 80.9 Å². The highest BCUT2D eigenvalue weighted by Gasteiger charge is 2.21. The molecule has 10 aromatic carbocycles. The van der Waals surface area contributed by atoms with Crippen LogP contribution in [0.5, 0.6) is 0 Å². The fraction of sp³-hybridized carbons (Fsp3) is 0. The summed E-state index contributed by atoms with van der Waals surface area (Å²) in [4.78, 5) is 2.47. The van der Waals surface area contributed by atoms with Crippen LogP contribution in [0.3, 0.4) is 0 Å². The van der Waals surface area contributed by atoms with Gasteiger partial charge in [-0.05, 0) is 96.7 Å². The van der Waals surface area contributed by atoms with Crippen LogP contribution in [0.25, 0.3) is 85.9 Å². The molecular formula is C54H35NS. The maximum atomic E-state index is 2.47. The van der Waals surface area contributed by atoms with Crippen LogP contribution in [0, 0.1) is 0 Å². The maximum Gasteiger partial charge on any atom is 0.0640 e. The summed E-state index contributed by atoms with van der Waals surface area (Å²) in [6, 6.07) is 77.7. The van der Waals surface area contributed by atoms with Crippen LogP contribution >= 0.6 is 11.3 Å². The molecule has 1 heterocycles. The van der Waals surface area contributed by atoms with E-state index in [0.717, 1.165) is 11.4 Å². The van der Waals surface area contributed by atoms with Gasteiger partial charge in [0.15, 0.2) is 0 Å². The molecule has 0 fully saturated rings. The van der Waals surface area contributed by atoms with E-state index in [1.165, 1.54) is 91.6 Å². The third-order valence-corrected chi connectivity index (χ3v) is 12.4. The second kappa shape index (κ2) is 13.4. The standard InChI is InChI=1S/C54H35NS/c1-3-17-37(18-4-1)52-46-27-10-9-25-43(46)44-33-32-40(35-48(44)53(52)38-19-5-2-6-20-38)39-22-13-23-41(34-39)55(49-29-14-21-36-16-7-8-24-42(36)49)50-30-15-28-47-45-26-11-12-31-51(45)56-54(47)50/h1-35H. The van der Waals surface area contributed by atoms with Crippen LogP contribution < -0.4 is 4.90 Å². The highest BCUT2D eigenvalue weighted by molar-refractivity contribution is 7.26. The smallest absolute Gasteiger partial charge is 0.0640 e. The topological polar surface area (TPSA) is 3.24 Å². The zero-order valence-corrected chi connectivity index (χ0v) is 31.4. The molecule has 0 bridgehead atoms. The van der Waals surface area contributed by atoms with Gasteiger partial charge in [-0.25, -0.2) is 0 Å². The van der Waals surface area contributed by atoms with Gasteiger partial charge >= 0.3 is 0 Å². The summed E-state index contributed by atoms with van der Waals surface area (Å²) in [6.45, 7) is 0. The molecule has 0 aliphatic rings. The van der Waals surface area contributed by atoms with Gasteiger partial charge in [0.1, 0.15) is 0 Å². The molecule has 0 unspecified atom stereocenters. The van der Waals surface area contributed by atoms with E-state index in [-0.39, 0.29) is 0 Å². The average Bonchev–Trinajstić information content (AvgIpc) is 3.66. The van der Waals surface area contributed by atoms with Crippen molar-refractivity contribution in [3.8, 4) is 33.4 Å². The highest BCUT2D eigenvalue weighted by Crippen LogP contribution is 2.48. The molecule has 262 valence electrons. The first kappa shape index (κ1) is 32.4. The van der Waals surface area contributed by atoms with Gasteiger partial charge in [0.2, 0.25) is 0 Å². The number of hydrogen-bond acceptors (Lipinski definition) is 2. The van der Waals surface area contributed by atoms with E-state index < -0.39 is 0 Å². The first-order valence-corrected chi connectivity index (χ1v) is 20.0. The lowest BCUT2D eigenvalue weighted by Crippen LogP contribution is -2.10. The highest BCUT2D eigenvalue weighted by atomic mass is 32.1. The maximum absolute atomic E-state index is 2.47. The average molecular weight is 730 g/mol. The lowest BCUT2D eigenvalue weighted by molar-refractivity contribution is 1.32. The number of rotatable bonds is 6. The van der Waals surface area contributed by atoms with Crippen molar-refractivity contribution in [3.05, 3.63) is 212 Å². The second-order valence-corrected chi connectivity index (χ2v) is 15.5. The van der Waals surface area contributed by atoms with Crippen molar-refractivity contribution in [2.75, 3.05) is 4.90 Å². The fourth-order valence-electron chi connectivity index (χ4n) is 8.72. The van der Waals surface area contributed by atoms with Gasteiger partial charge in [-0.3, -0.25) is 0 Å². The minimum Gasteiger partial charge on any atom is -0.308 e. The second-order valence-electron chi connectivity index (χ2n) is 14.4. The van der Waals surface area contributed by atoms with E-state index in [1.807, 2.05) is 11.3 Å². The van der Waals surface area contributed by atoms with E-state index in [0.29, 0.717) is 0 Å². The lowest BCUT2D eigenvalue weighted by atomic mass is 9.84. The van der Waals surface area contributed by atoms with Crippen LogP contribution in [0.1, 0.15) is 0 Å². The SMILES string of the molecule is c1ccc(-c2c(-c3ccccc3)c3cc(-c4cccc(N(c5cccc6ccccc56)c5cccc6c5sc5ccccc56)c4)ccc3c3ccccc23)cc1. The van der Waals surface area contributed by atoms with Crippen molar-refractivity contribution in [2.24, 2.45) is 0 Å². The molecule has 56 heavy (non-hydrogen) atoms. The minimum atomic E-state index is 1.12. The Balaban J connectivity index is 1.16. The molecule has 0 radical (unpaired) electrons. The number of anilines is 3. The lowest BCUT2D eigenvalue weighted by Gasteiger charge is -2.28. The van der Waals surface area contributed by atoms with Gasteiger partial charge in [-0.1, -0.05) is 176 Å². The van der Waals surface area contributed by atoms with Crippen molar-refractivity contribution in [1.82, 2.24) is 0 Å². The Kier molecular flexibility index (Phi) is 7.75. The third kappa shape index (κ3) is 5.30. The number of hydrogen-bond donors (Lipinski definition) is 0. The molecule has 2 heteroatoms. The van der Waals surface area contributed by atoms with Crippen molar-refractivity contribution in [2.45, 2.75) is 0 Å². The molecule has 0 saturated carbocycles. The summed E-state index contributed by atoms with van der Waals surface area (Å²) in [6.07, 6.45) is 0. The van der Waals surface area contributed by atoms with E-state index in [9.17, 15) is 0 Å². The summed E-state index contributed by atoms with van der Waals surface area (Å²) < 4.78 is 2.58. The molecule has 0 amide bonds. The van der Waals surface area contributed by atoms with Gasteiger partial charge in [0.05, 0.1) is 16.1 Å². The van der Waals surface area contributed by atoms with Crippen molar-refractivity contribution in [1.29, 1.82) is 0 Å². The van der Waals surface area contributed by atoms with Crippen LogP contribution in [0.2, 0.25) is 0 Å². The first-order valence-electron chi connectivity index (χ1n) is 19.2. The Morgan fingerprint density at radius 2 is 0.839 bits per heavy atom. The molecular weight excluding hydrogens is 695 g/mol. The third-order valence-electron chi connectivity index (χ3n) is 11.2. The van der Waals surface area contributed by atoms with Crippen molar-refractivity contribution in [3.63, 3.8) is 0 Å². The van der Waals surface area contributed by atoms with E-state index in [4.69, 9.17) is 0 Å². The Morgan fingerprint density at radius 1 is 0.304 bits per heavy atom. The van der Waals surface area contributed by atoms with Crippen LogP contribution in [0.15, 0.2) is 212 Å². The van der Waals surface area contributed by atoms with Gasteiger partial charge in [-0.2, -0.15) is 0 Å². The summed E-state index contributed by atoms with van der Waals surface area (Å²) in [5, 5.41) is 10.1. The van der Waals surface area contributed by atoms with E-state index in [1.54, 1.807) is 0 Å². The molecule has 11 rings (SSSR count). The number of benzene rings is 10. The summed E-state index contributed by atoms with van der Waals surface area (Å²) in [7, 11) is 0. The number of thiophene rings is 1. The first-order chi connectivity index (χ1) is 27.8. The minimum absolute atomic E-state index is 1.12.